The predicted molar refractivity (Wildman–Crippen MR) is 74.4 cm³/mol. The number of nitrogens with one attached hydrogen (secondary N) is 1. The fourth-order valence-electron chi connectivity index (χ4n) is 0.818. The van der Waals surface area contributed by atoms with Crippen LogP contribution in [-0.2, 0) is 0 Å². The Balaban J connectivity index is 2.17. The van der Waals surface area contributed by atoms with Crippen LogP contribution < -0.4 is 0 Å². The minimum atomic E-state index is 0.735. The van der Waals surface area contributed by atoms with Crippen LogP contribution in [0.4, 0.5) is 0 Å². The molecule has 1 N–H and O–H groups in total. The Labute approximate surface area is 117 Å². The van der Waals surface area contributed by atoms with Crippen LogP contribution >= 0.6 is 35.3 Å². The number of amidine groups is 1. The van der Waals surface area contributed by atoms with Crippen LogP contribution in [0.1, 0.15) is 6.42 Å². The maximum atomic E-state index is 4.95. The number of H-pyrrole nitrogens is 1. The van der Waals surface area contributed by atoms with Gasteiger partial charge in [0, 0.05) is 0 Å². The Hall–Kier alpha value is 0.119. The molecule has 0 aromatic carbocycles. The summed E-state index contributed by atoms with van der Waals surface area (Å²) >= 11 is 11.1. The van der Waals surface area contributed by atoms with Gasteiger partial charge in [-0.2, -0.15) is 0 Å². The third-order valence-corrected chi connectivity index (χ3v) is 4.93. The molecule has 16 heavy (non-hydrogen) atoms. The zero-order valence-electron chi connectivity index (χ0n) is 9.10. The first-order valence-corrected chi connectivity index (χ1v) is 7.73. The fourth-order valence-corrected chi connectivity index (χ4v) is 3.09. The SMILES string of the molecule is CN(C)C([Se])=NCCCSc1n[nH]c(=S)s1. The van der Waals surface area contributed by atoms with E-state index in [1.165, 1.54) is 11.3 Å². The first-order chi connectivity index (χ1) is 7.59. The van der Waals surface area contributed by atoms with E-state index in [4.69, 9.17) is 12.2 Å². The van der Waals surface area contributed by atoms with E-state index in [0.29, 0.717) is 0 Å². The molecule has 0 spiro atoms. The standard InChI is InChI=1S/C8H13N4S3Se/c1-12(2)6(16)9-4-3-5-14-8-11-10-7(13)15-8/h3-5H2,1-2H3,(H,10,13). The zero-order valence-corrected chi connectivity index (χ0v) is 13.3. The normalized spacial score (nSPS) is 11.8. The molecule has 8 heteroatoms. The van der Waals surface area contributed by atoms with Gasteiger partial charge < -0.3 is 0 Å². The molecule has 0 amide bonds. The summed E-state index contributed by atoms with van der Waals surface area (Å²) < 4.78 is 2.68. The molecule has 0 aliphatic rings. The van der Waals surface area contributed by atoms with E-state index in [0.717, 1.165) is 31.7 Å². The van der Waals surface area contributed by atoms with Crippen molar-refractivity contribution >= 4 is 56.1 Å². The van der Waals surface area contributed by atoms with Crippen molar-refractivity contribution in [3.8, 4) is 0 Å². The predicted octanol–water partition coefficient (Wildman–Crippen LogP) is 1.77. The molecule has 1 aromatic rings. The number of nitrogens with zero attached hydrogens (tertiary/aromatic N) is 3. The van der Waals surface area contributed by atoms with E-state index in [-0.39, 0.29) is 0 Å². The summed E-state index contributed by atoms with van der Waals surface area (Å²) in [4.78, 5) is 6.35. The third-order valence-electron chi connectivity index (χ3n) is 1.58. The van der Waals surface area contributed by atoms with Crippen molar-refractivity contribution in [2.75, 3.05) is 26.4 Å². The Bertz CT molecular complexity index is 398. The number of hydrogen-bond donors (Lipinski definition) is 1. The molecule has 1 aromatic heterocycles. The molecule has 0 aliphatic heterocycles. The van der Waals surface area contributed by atoms with Crippen molar-refractivity contribution in [3.63, 3.8) is 0 Å². The number of hydrogen-bond acceptors (Lipinski definition) is 5. The van der Waals surface area contributed by atoms with Crippen molar-refractivity contribution in [2.45, 2.75) is 10.8 Å². The first-order valence-electron chi connectivity index (χ1n) is 4.66. The Morgan fingerprint density at radius 3 is 3.00 bits per heavy atom. The number of aromatic nitrogens is 2. The van der Waals surface area contributed by atoms with Gasteiger partial charge in [0.25, 0.3) is 0 Å². The van der Waals surface area contributed by atoms with Crippen LogP contribution in [0, 0.1) is 3.95 Å². The zero-order chi connectivity index (χ0) is 12.0. The topological polar surface area (TPSA) is 44.3 Å². The van der Waals surface area contributed by atoms with Gasteiger partial charge in [-0.1, -0.05) is 0 Å². The van der Waals surface area contributed by atoms with Gasteiger partial charge in [0.05, 0.1) is 0 Å². The molecule has 1 radical (unpaired) electrons. The molecule has 1 rings (SSSR count). The van der Waals surface area contributed by atoms with Gasteiger partial charge in [0.2, 0.25) is 0 Å². The van der Waals surface area contributed by atoms with E-state index < -0.39 is 0 Å². The van der Waals surface area contributed by atoms with Crippen LogP contribution in [0.3, 0.4) is 0 Å². The van der Waals surface area contributed by atoms with Gasteiger partial charge in [-0.3, -0.25) is 0 Å². The van der Waals surface area contributed by atoms with E-state index in [1.807, 2.05) is 19.0 Å². The summed E-state index contributed by atoms with van der Waals surface area (Å²) in [6.07, 6.45) is 1.04. The van der Waals surface area contributed by atoms with Crippen molar-refractivity contribution in [1.29, 1.82) is 0 Å². The number of aromatic amines is 1. The maximum absolute atomic E-state index is 4.95. The molecule has 0 saturated carbocycles. The second kappa shape index (κ2) is 7.45. The summed E-state index contributed by atoms with van der Waals surface area (Å²) in [6.45, 7) is 0.837. The van der Waals surface area contributed by atoms with Crippen molar-refractivity contribution < 1.29 is 0 Å². The van der Waals surface area contributed by atoms with Gasteiger partial charge >= 0.3 is 117 Å². The molecule has 0 unspecified atom stereocenters. The first kappa shape index (κ1) is 14.2. The third kappa shape index (κ3) is 5.45. The number of thioether (sulfide) groups is 1. The summed E-state index contributed by atoms with van der Waals surface area (Å²) in [5.74, 6) is 1.01. The van der Waals surface area contributed by atoms with E-state index >= 15 is 0 Å². The minimum absolute atomic E-state index is 0.735. The van der Waals surface area contributed by atoms with Gasteiger partial charge in [0.1, 0.15) is 0 Å². The van der Waals surface area contributed by atoms with E-state index in [2.05, 4.69) is 31.2 Å². The molecule has 0 bridgehead atoms. The van der Waals surface area contributed by atoms with Gasteiger partial charge in [-0.15, -0.1) is 0 Å². The average Bonchev–Trinajstić information content (AvgIpc) is 2.63. The number of aliphatic imine (C=N–C) groups is 1. The van der Waals surface area contributed by atoms with Crippen LogP contribution in [0.5, 0.6) is 0 Å². The van der Waals surface area contributed by atoms with Crippen molar-refractivity contribution in [3.05, 3.63) is 3.95 Å². The van der Waals surface area contributed by atoms with Gasteiger partial charge in [-0.05, 0) is 0 Å². The summed E-state index contributed by atoms with van der Waals surface area (Å²) in [7, 11) is 3.95. The van der Waals surface area contributed by atoms with Crippen LogP contribution in [0.15, 0.2) is 9.33 Å². The second-order valence-corrected chi connectivity index (χ2v) is 6.91. The summed E-state index contributed by atoms with van der Waals surface area (Å²) in [5.41, 5.74) is 0. The van der Waals surface area contributed by atoms with Crippen LogP contribution in [0.25, 0.3) is 0 Å². The molecule has 1 heterocycles. The van der Waals surface area contributed by atoms with E-state index in [1.54, 1.807) is 11.8 Å². The molecular weight excluding hydrogens is 327 g/mol. The molecule has 0 aliphatic carbocycles. The average molecular weight is 340 g/mol. The van der Waals surface area contributed by atoms with E-state index in [9.17, 15) is 0 Å². The Morgan fingerprint density at radius 1 is 1.69 bits per heavy atom. The summed E-state index contributed by atoms with van der Waals surface area (Å²) in [6, 6.07) is 0. The Kier molecular flexibility index (Phi) is 6.60. The Morgan fingerprint density at radius 2 is 2.44 bits per heavy atom. The molecule has 0 atom stereocenters. The van der Waals surface area contributed by atoms with Crippen molar-refractivity contribution in [2.24, 2.45) is 4.99 Å². The summed E-state index contributed by atoms with van der Waals surface area (Å²) in [5, 5.41) is 6.84. The monoisotopic (exact) mass is 341 g/mol. The molecule has 0 saturated heterocycles. The van der Waals surface area contributed by atoms with Gasteiger partial charge in [0.15, 0.2) is 0 Å². The van der Waals surface area contributed by atoms with Crippen LogP contribution in [-0.4, -0.2) is 62.2 Å². The second-order valence-electron chi connectivity index (χ2n) is 3.14. The molecule has 89 valence electrons. The quantitative estimate of drug-likeness (QED) is 0.222. The fraction of sp³-hybridized carbons (Fsp3) is 0.625. The molecule has 4 nitrogen and oxygen atoms in total. The number of rotatable bonds is 5. The molecule has 0 fully saturated rings. The molecular formula is C8H13N4S3Se. The van der Waals surface area contributed by atoms with Gasteiger partial charge in [-0.25, -0.2) is 0 Å². The van der Waals surface area contributed by atoms with Crippen LogP contribution in [0.2, 0.25) is 0 Å². The van der Waals surface area contributed by atoms with Crippen molar-refractivity contribution in [1.82, 2.24) is 15.1 Å².